The summed E-state index contributed by atoms with van der Waals surface area (Å²) in [4.78, 5) is 22.3. The second kappa shape index (κ2) is 6.10. The van der Waals surface area contributed by atoms with Crippen LogP contribution in [0.2, 0.25) is 0 Å². The van der Waals surface area contributed by atoms with Crippen LogP contribution in [-0.2, 0) is 0 Å². The summed E-state index contributed by atoms with van der Waals surface area (Å²) in [5.41, 5.74) is 0.264. The number of carbonyl (C=O) groups is 2. The Labute approximate surface area is 112 Å². The van der Waals surface area contributed by atoms with E-state index in [2.05, 4.69) is 16.6 Å². The molecule has 0 aliphatic rings. The number of hydrogen-bond acceptors (Lipinski definition) is 2. The van der Waals surface area contributed by atoms with Gasteiger partial charge in [0.05, 0.1) is 17.8 Å². The van der Waals surface area contributed by atoms with E-state index in [1.807, 2.05) is 22.6 Å². The first-order valence-electron chi connectivity index (χ1n) is 4.55. The van der Waals surface area contributed by atoms with E-state index >= 15 is 0 Å². The van der Waals surface area contributed by atoms with Gasteiger partial charge in [-0.1, -0.05) is 5.92 Å². The maximum Gasteiger partial charge on any atom is 0.337 e. The largest absolute Gasteiger partial charge is 0.478 e. The van der Waals surface area contributed by atoms with Crippen molar-refractivity contribution in [1.29, 1.82) is 0 Å². The van der Waals surface area contributed by atoms with Crippen molar-refractivity contribution < 1.29 is 14.7 Å². The molecule has 6 heteroatoms. The molecular formula is C11H9IN2O3. The molecule has 0 aliphatic carbocycles. The molecule has 1 aromatic carbocycles. The standard InChI is InChI=1S/C11H9IN2O3/c1-2-5-13-11(17)14-9-4-3-7(12)6-8(9)10(15)16/h1,3-4,6H,5H2,(H,15,16)(H2,13,14,17). The van der Waals surface area contributed by atoms with Crippen molar-refractivity contribution in [2.75, 3.05) is 11.9 Å². The maximum absolute atomic E-state index is 11.3. The Balaban J connectivity index is 2.87. The smallest absolute Gasteiger partial charge is 0.337 e. The van der Waals surface area contributed by atoms with Crippen molar-refractivity contribution in [3.63, 3.8) is 0 Å². The quantitative estimate of drug-likeness (QED) is 0.577. The molecule has 0 aromatic heterocycles. The van der Waals surface area contributed by atoms with Crippen molar-refractivity contribution in [3.8, 4) is 12.3 Å². The number of urea groups is 1. The second-order valence-electron chi connectivity index (χ2n) is 3.01. The van der Waals surface area contributed by atoms with E-state index in [-0.39, 0.29) is 17.8 Å². The van der Waals surface area contributed by atoms with Crippen LogP contribution in [0.1, 0.15) is 10.4 Å². The van der Waals surface area contributed by atoms with Crippen LogP contribution in [0.5, 0.6) is 0 Å². The van der Waals surface area contributed by atoms with Crippen molar-refractivity contribution >= 4 is 40.3 Å². The van der Waals surface area contributed by atoms with Crippen LogP contribution in [0.4, 0.5) is 10.5 Å². The number of rotatable bonds is 3. The lowest BCUT2D eigenvalue weighted by atomic mass is 10.2. The highest BCUT2D eigenvalue weighted by Gasteiger charge is 2.12. The Morgan fingerprint density at radius 3 is 2.76 bits per heavy atom. The zero-order valence-electron chi connectivity index (χ0n) is 8.66. The van der Waals surface area contributed by atoms with Gasteiger partial charge in [-0.3, -0.25) is 0 Å². The first-order valence-corrected chi connectivity index (χ1v) is 5.63. The molecule has 0 saturated carbocycles. The second-order valence-corrected chi connectivity index (χ2v) is 4.25. The normalized spacial score (nSPS) is 9.18. The number of hydrogen-bond donors (Lipinski definition) is 3. The van der Waals surface area contributed by atoms with Crippen LogP contribution in [0.25, 0.3) is 0 Å². The Morgan fingerprint density at radius 2 is 2.18 bits per heavy atom. The van der Waals surface area contributed by atoms with E-state index in [1.54, 1.807) is 6.07 Å². The summed E-state index contributed by atoms with van der Waals surface area (Å²) in [5.74, 6) is 1.14. The molecule has 0 atom stereocenters. The number of carbonyl (C=O) groups excluding carboxylic acids is 1. The summed E-state index contributed by atoms with van der Waals surface area (Å²) < 4.78 is 0.773. The highest BCUT2D eigenvalue weighted by atomic mass is 127. The maximum atomic E-state index is 11.3. The van der Waals surface area contributed by atoms with E-state index < -0.39 is 12.0 Å². The third-order valence-electron chi connectivity index (χ3n) is 1.81. The molecule has 0 bridgehead atoms. The van der Waals surface area contributed by atoms with E-state index in [0.717, 1.165) is 3.57 Å². The number of aromatic carboxylic acids is 1. The van der Waals surface area contributed by atoms with Gasteiger partial charge < -0.3 is 15.7 Å². The first kappa shape index (κ1) is 13.3. The van der Waals surface area contributed by atoms with Crippen LogP contribution in [0, 0.1) is 15.9 Å². The number of amides is 2. The fourth-order valence-corrected chi connectivity index (χ4v) is 1.59. The molecule has 0 spiro atoms. The number of halogens is 1. The molecule has 17 heavy (non-hydrogen) atoms. The molecule has 88 valence electrons. The number of anilines is 1. The van der Waals surface area contributed by atoms with Gasteiger partial charge >= 0.3 is 12.0 Å². The SMILES string of the molecule is C#CCNC(=O)Nc1ccc(I)cc1C(=O)O. The third-order valence-corrected chi connectivity index (χ3v) is 2.48. The van der Waals surface area contributed by atoms with Gasteiger partial charge in [-0.25, -0.2) is 9.59 Å². The highest BCUT2D eigenvalue weighted by molar-refractivity contribution is 14.1. The van der Waals surface area contributed by atoms with Crippen LogP contribution in [-0.4, -0.2) is 23.7 Å². The number of terminal acetylenes is 1. The number of carboxylic acid groups (broad SMARTS) is 1. The molecule has 2 amide bonds. The minimum absolute atomic E-state index is 0.0350. The molecule has 0 saturated heterocycles. The van der Waals surface area contributed by atoms with Crippen molar-refractivity contribution in [2.24, 2.45) is 0 Å². The van der Waals surface area contributed by atoms with Crippen LogP contribution in [0.3, 0.4) is 0 Å². The molecule has 1 rings (SSSR count). The molecule has 0 fully saturated rings. The van der Waals surface area contributed by atoms with Gasteiger partial charge in [0.15, 0.2) is 0 Å². The van der Waals surface area contributed by atoms with Gasteiger partial charge in [-0.15, -0.1) is 6.42 Å². The van der Waals surface area contributed by atoms with E-state index in [4.69, 9.17) is 11.5 Å². The fourth-order valence-electron chi connectivity index (χ4n) is 1.10. The van der Waals surface area contributed by atoms with E-state index in [0.29, 0.717) is 0 Å². The van der Waals surface area contributed by atoms with E-state index in [1.165, 1.54) is 12.1 Å². The first-order chi connectivity index (χ1) is 8.04. The van der Waals surface area contributed by atoms with Crippen molar-refractivity contribution in [1.82, 2.24) is 5.32 Å². The van der Waals surface area contributed by atoms with Gasteiger partial charge in [0.25, 0.3) is 0 Å². The van der Waals surface area contributed by atoms with Crippen molar-refractivity contribution in [2.45, 2.75) is 0 Å². The highest BCUT2D eigenvalue weighted by Crippen LogP contribution is 2.18. The number of benzene rings is 1. The Hall–Kier alpha value is -1.75. The van der Waals surface area contributed by atoms with Crippen LogP contribution in [0.15, 0.2) is 18.2 Å². The lowest BCUT2D eigenvalue weighted by molar-refractivity contribution is 0.0698. The Morgan fingerprint density at radius 1 is 1.47 bits per heavy atom. The monoisotopic (exact) mass is 344 g/mol. The topological polar surface area (TPSA) is 78.4 Å². The van der Waals surface area contributed by atoms with Gasteiger partial charge in [0.1, 0.15) is 0 Å². The Kier molecular flexibility index (Phi) is 4.78. The summed E-state index contributed by atoms with van der Waals surface area (Å²) in [6.45, 7) is 0.0820. The molecular weight excluding hydrogens is 335 g/mol. The summed E-state index contributed by atoms with van der Waals surface area (Å²) in [6.07, 6.45) is 4.98. The third kappa shape index (κ3) is 3.96. The molecule has 0 aliphatic heterocycles. The Bertz CT molecular complexity index is 494. The molecule has 0 unspecified atom stereocenters. The zero-order chi connectivity index (χ0) is 12.8. The minimum atomic E-state index is -1.10. The average Bonchev–Trinajstić information content (AvgIpc) is 2.28. The van der Waals surface area contributed by atoms with Gasteiger partial charge in [-0.05, 0) is 40.8 Å². The molecule has 0 radical (unpaired) electrons. The number of carboxylic acids is 1. The molecule has 1 aromatic rings. The average molecular weight is 344 g/mol. The lowest BCUT2D eigenvalue weighted by Gasteiger charge is -2.08. The lowest BCUT2D eigenvalue weighted by Crippen LogP contribution is -2.29. The molecule has 5 nitrogen and oxygen atoms in total. The summed E-state index contributed by atoms with van der Waals surface area (Å²) in [5, 5.41) is 13.8. The van der Waals surface area contributed by atoms with Crippen LogP contribution >= 0.6 is 22.6 Å². The van der Waals surface area contributed by atoms with Crippen molar-refractivity contribution in [3.05, 3.63) is 27.3 Å². The minimum Gasteiger partial charge on any atom is -0.478 e. The molecule has 0 heterocycles. The predicted molar refractivity (Wildman–Crippen MR) is 72.0 cm³/mol. The summed E-state index contributed by atoms with van der Waals surface area (Å²) >= 11 is 1.99. The molecule has 3 N–H and O–H groups in total. The predicted octanol–water partition coefficient (Wildman–Crippen LogP) is 1.74. The number of nitrogens with one attached hydrogen (secondary N) is 2. The fraction of sp³-hybridized carbons (Fsp3) is 0.0909. The summed E-state index contributed by atoms with van der Waals surface area (Å²) in [7, 11) is 0. The van der Waals surface area contributed by atoms with Gasteiger partial charge in [-0.2, -0.15) is 0 Å². The zero-order valence-corrected chi connectivity index (χ0v) is 10.8. The van der Waals surface area contributed by atoms with Crippen LogP contribution < -0.4 is 10.6 Å². The van der Waals surface area contributed by atoms with E-state index in [9.17, 15) is 9.59 Å². The summed E-state index contributed by atoms with van der Waals surface area (Å²) in [6, 6.07) is 4.16. The van der Waals surface area contributed by atoms with Gasteiger partial charge in [0, 0.05) is 3.57 Å². The van der Waals surface area contributed by atoms with Gasteiger partial charge in [0.2, 0.25) is 0 Å².